The molecule has 0 heterocycles. The topological polar surface area (TPSA) is 55.1 Å². The summed E-state index contributed by atoms with van der Waals surface area (Å²) in [7, 11) is 0. The molecule has 0 saturated carbocycles. The minimum absolute atomic E-state index is 0.0787. The number of anilines is 2. The van der Waals surface area contributed by atoms with Crippen LogP contribution >= 0.6 is 23.2 Å². The van der Waals surface area contributed by atoms with Crippen LogP contribution in [-0.4, -0.2) is 5.91 Å². The molecule has 1 amide bonds. The summed E-state index contributed by atoms with van der Waals surface area (Å²) < 4.78 is 0. The van der Waals surface area contributed by atoms with Gasteiger partial charge in [-0.25, -0.2) is 0 Å². The third kappa shape index (κ3) is 3.93. The van der Waals surface area contributed by atoms with Gasteiger partial charge in [-0.05, 0) is 24.1 Å². The molecule has 0 spiro atoms. The Bertz CT molecular complexity index is 636. The second-order valence-corrected chi connectivity index (χ2v) is 5.91. The number of carbonyl (C=O) groups is 1. The van der Waals surface area contributed by atoms with Gasteiger partial charge in [0.1, 0.15) is 0 Å². The van der Waals surface area contributed by atoms with Gasteiger partial charge in [-0.2, -0.15) is 0 Å². The maximum Gasteiger partial charge on any atom is 0.231 e. The van der Waals surface area contributed by atoms with Gasteiger partial charge in [0.2, 0.25) is 5.91 Å². The first-order valence-electron chi connectivity index (χ1n) is 7.13. The standard InChI is InChI=1S/C17H18Cl2N2O/c1-2-6-13(11-7-4-3-5-8-11)17(22)21-12-9-14(18)16(20)15(19)10-12/h3-5,7-10,13H,2,6,20H2,1H3,(H,21,22). The third-order valence-electron chi connectivity index (χ3n) is 3.44. The summed E-state index contributed by atoms with van der Waals surface area (Å²) in [4.78, 5) is 12.6. The van der Waals surface area contributed by atoms with Gasteiger partial charge in [-0.1, -0.05) is 66.9 Å². The molecule has 0 aliphatic carbocycles. The van der Waals surface area contributed by atoms with Crippen LogP contribution in [0, 0.1) is 0 Å². The molecule has 2 aromatic rings. The summed E-state index contributed by atoms with van der Waals surface area (Å²) in [6.07, 6.45) is 1.68. The molecule has 2 aromatic carbocycles. The van der Waals surface area contributed by atoms with Crippen molar-refractivity contribution in [1.82, 2.24) is 0 Å². The molecule has 3 N–H and O–H groups in total. The van der Waals surface area contributed by atoms with Crippen molar-refractivity contribution < 1.29 is 4.79 Å². The van der Waals surface area contributed by atoms with Crippen molar-refractivity contribution in [1.29, 1.82) is 0 Å². The predicted octanol–water partition coefficient (Wildman–Crippen LogP) is 5.10. The Morgan fingerprint density at radius 3 is 2.32 bits per heavy atom. The molecule has 0 aromatic heterocycles. The van der Waals surface area contributed by atoms with Crippen LogP contribution in [-0.2, 0) is 4.79 Å². The van der Waals surface area contributed by atoms with Gasteiger partial charge in [0.25, 0.3) is 0 Å². The number of benzene rings is 2. The van der Waals surface area contributed by atoms with Crippen LogP contribution in [0.25, 0.3) is 0 Å². The Kier molecular flexibility index (Phi) is 5.69. The van der Waals surface area contributed by atoms with Crippen LogP contribution in [0.3, 0.4) is 0 Å². The SMILES string of the molecule is CCCC(C(=O)Nc1cc(Cl)c(N)c(Cl)c1)c1ccccc1. The molecule has 2 rings (SSSR count). The normalized spacial score (nSPS) is 12.0. The molecule has 0 radical (unpaired) electrons. The molecule has 0 aliphatic heterocycles. The predicted molar refractivity (Wildman–Crippen MR) is 93.6 cm³/mol. The largest absolute Gasteiger partial charge is 0.396 e. The van der Waals surface area contributed by atoms with Crippen molar-refractivity contribution in [3.05, 3.63) is 58.1 Å². The number of nitrogen functional groups attached to an aromatic ring is 1. The monoisotopic (exact) mass is 336 g/mol. The molecule has 22 heavy (non-hydrogen) atoms. The number of amides is 1. The van der Waals surface area contributed by atoms with Crippen molar-refractivity contribution in [2.24, 2.45) is 0 Å². The van der Waals surface area contributed by atoms with Crippen molar-refractivity contribution in [2.75, 3.05) is 11.1 Å². The van der Waals surface area contributed by atoms with Crippen LogP contribution in [0.1, 0.15) is 31.2 Å². The number of nitrogens with two attached hydrogens (primary N) is 1. The van der Waals surface area contributed by atoms with Gasteiger partial charge in [0, 0.05) is 5.69 Å². The van der Waals surface area contributed by atoms with Crippen molar-refractivity contribution in [2.45, 2.75) is 25.7 Å². The first-order chi connectivity index (χ1) is 10.5. The molecule has 3 nitrogen and oxygen atoms in total. The Balaban J connectivity index is 2.22. The lowest BCUT2D eigenvalue weighted by atomic mass is 9.93. The minimum atomic E-state index is -0.207. The van der Waals surface area contributed by atoms with Crippen LogP contribution in [0.2, 0.25) is 10.0 Å². The third-order valence-corrected chi connectivity index (χ3v) is 4.07. The Morgan fingerprint density at radius 1 is 1.18 bits per heavy atom. The Morgan fingerprint density at radius 2 is 1.77 bits per heavy atom. The van der Waals surface area contributed by atoms with E-state index in [0.717, 1.165) is 18.4 Å². The number of halogens is 2. The molecule has 0 fully saturated rings. The number of hydrogen-bond acceptors (Lipinski definition) is 2. The average Bonchev–Trinajstić information content (AvgIpc) is 2.51. The summed E-state index contributed by atoms with van der Waals surface area (Å²) >= 11 is 12.0. The van der Waals surface area contributed by atoms with Gasteiger partial charge in [-0.15, -0.1) is 0 Å². The summed E-state index contributed by atoms with van der Waals surface area (Å²) in [5.74, 6) is -0.286. The molecule has 116 valence electrons. The summed E-state index contributed by atoms with van der Waals surface area (Å²) in [5.41, 5.74) is 7.56. The quantitative estimate of drug-likeness (QED) is 0.746. The van der Waals surface area contributed by atoms with Crippen LogP contribution < -0.4 is 11.1 Å². The Hall–Kier alpha value is -1.71. The fraction of sp³-hybridized carbons (Fsp3) is 0.235. The zero-order chi connectivity index (χ0) is 16.1. The molecule has 1 atom stereocenters. The van der Waals surface area contributed by atoms with E-state index in [4.69, 9.17) is 28.9 Å². The fourth-order valence-corrected chi connectivity index (χ4v) is 2.80. The summed E-state index contributed by atoms with van der Waals surface area (Å²) in [5, 5.41) is 3.53. The van der Waals surface area contributed by atoms with E-state index in [0.29, 0.717) is 21.4 Å². The molecule has 1 unspecified atom stereocenters. The van der Waals surface area contributed by atoms with Gasteiger partial charge in [-0.3, -0.25) is 4.79 Å². The molecule has 0 saturated heterocycles. The summed E-state index contributed by atoms with van der Waals surface area (Å²) in [6, 6.07) is 12.9. The Labute approximate surface area is 140 Å². The highest BCUT2D eigenvalue weighted by Crippen LogP contribution is 2.32. The molecule has 0 bridgehead atoms. The smallest absolute Gasteiger partial charge is 0.231 e. The van der Waals surface area contributed by atoms with E-state index >= 15 is 0 Å². The lowest BCUT2D eigenvalue weighted by Crippen LogP contribution is -2.21. The van der Waals surface area contributed by atoms with Gasteiger partial charge in [0.15, 0.2) is 0 Å². The first kappa shape index (κ1) is 16.7. The maximum absolute atomic E-state index is 12.6. The highest BCUT2D eigenvalue weighted by Gasteiger charge is 2.20. The highest BCUT2D eigenvalue weighted by molar-refractivity contribution is 6.39. The van der Waals surface area contributed by atoms with Gasteiger partial charge in [0.05, 0.1) is 21.7 Å². The van der Waals surface area contributed by atoms with E-state index in [1.165, 1.54) is 0 Å². The second kappa shape index (κ2) is 7.52. The zero-order valence-corrected chi connectivity index (χ0v) is 13.8. The zero-order valence-electron chi connectivity index (χ0n) is 12.3. The van der Waals surface area contributed by atoms with E-state index in [1.54, 1.807) is 12.1 Å². The average molecular weight is 337 g/mol. The van der Waals surface area contributed by atoms with E-state index in [1.807, 2.05) is 30.3 Å². The molecular formula is C17H18Cl2N2O. The molecule has 0 aliphatic rings. The number of nitrogens with one attached hydrogen (secondary N) is 1. The van der Waals surface area contributed by atoms with E-state index in [2.05, 4.69) is 12.2 Å². The summed E-state index contributed by atoms with van der Waals surface area (Å²) in [6.45, 7) is 2.06. The maximum atomic E-state index is 12.6. The van der Waals surface area contributed by atoms with E-state index in [-0.39, 0.29) is 11.8 Å². The highest BCUT2D eigenvalue weighted by atomic mass is 35.5. The second-order valence-electron chi connectivity index (χ2n) is 5.09. The van der Waals surface area contributed by atoms with Crippen molar-refractivity contribution in [3.8, 4) is 0 Å². The van der Waals surface area contributed by atoms with E-state index < -0.39 is 0 Å². The number of rotatable bonds is 5. The minimum Gasteiger partial charge on any atom is -0.396 e. The van der Waals surface area contributed by atoms with Crippen LogP contribution in [0.4, 0.5) is 11.4 Å². The van der Waals surface area contributed by atoms with Gasteiger partial charge < -0.3 is 11.1 Å². The lowest BCUT2D eigenvalue weighted by Gasteiger charge is -2.17. The lowest BCUT2D eigenvalue weighted by molar-refractivity contribution is -0.117. The molecule has 5 heteroatoms. The van der Waals surface area contributed by atoms with Crippen LogP contribution in [0.5, 0.6) is 0 Å². The molecular weight excluding hydrogens is 319 g/mol. The van der Waals surface area contributed by atoms with Crippen molar-refractivity contribution >= 4 is 40.5 Å². The fourth-order valence-electron chi connectivity index (χ4n) is 2.31. The number of hydrogen-bond donors (Lipinski definition) is 2. The van der Waals surface area contributed by atoms with Crippen molar-refractivity contribution in [3.63, 3.8) is 0 Å². The van der Waals surface area contributed by atoms with E-state index in [9.17, 15) is 4.79 Å². The number of carbonyl (C=O) groups excluding carboxylic acids is 1. The first-order valence-corrected chi connectivity index (χ1v) is 7.88. The van der Waals surface area contributed by atoms with Crippen LogP contribution in [0.15, 0.2) is 42.5 Å². The van der Waals surface area contributed by atoms with Gasteiger partial charge >= 0.3 is 0 Å².